The normalized spacial score (nSPS) is 14.0. The van der Waals surface area contributed by atoms with Gasteiger partial charge in [0.05, 0.1) is 27.9 Å². The molecule has 0 amide bonds. The summed E-state index contributed by atoms with van der Waals surface area (Å²) in [7, 11) is 0. The fraction of sp³-hybridized carbons (Fsp3) is 0.0882. The Morgan fingerprint density at radius 2 is 1.51 bits per heavy atom. The van der Waals surface area contributed by atoms with Gasteiger partial charge in [0.25, 0.3) is 0 Å². The third-order valence-corrected chi connectivity index (χ3v) is 7.86. The number of benzene rings is 3. The smallest absolute Gasteiger partial charge is 0.235 e. The van der Waals surface area contributed by atoms with Crippen molar-refractivity contribution in [3.05, 3.63) is 121 Å². The van der Waals surface area contributed by atoms with Crippen LogP contribution in [0.15, 0.2) is 109 Å². The van der Waals surface area contributed by atoms with Gasteiger partial charge in [0.2, 0.25) is 5.95 Å². The van der Waals surface area contributed by atoms with E-state index in [9.17, 15) is 0 Å². The van der Waals surface area contributed by atoms with Crippen molar-refractivity contribution in [1.82, 2.24) is 24.1 Å². The summed E-state index contributed by atoms with van der Waals surface area (Å²) in [5, 5.41) is 3.53. The summed E-state index contributed by atoms with van der Waals surface area (Å²) in [6.45, 7) is 4.41. The zero-order valence-corrected chi connectivity index (χ0v) is 21.7. The largest absolute Gasteiger partial charge is 0.316 e. The van der Waals surface area contributed by atoms with Crippen molar-refractivity contribution in [2.24, 2.45) is 0 Å². The summed E-state index contributed by atoms with van der Waals surface area (Å²) in [5.41, 5.74) is 8.04. The van der Waals surface area contributed by atoms with Gasteiger partial charge in [-0.3, -0.25) is 9.55 Å². The van der Waals surface area contributed by atoms with E-state index >= 15 is 0 Å². The van der Waals surface area contributed by atoms with E-state index in [1.807, 2.05) is 30.5 Å². The lowest BCUT2D eigenvalue weighted by molar-refractivity contribution is 0.651. The third kappa shape index (κ3) is 3.16. The average Bonchev–Trinajstić information content (AvgIpc) is 3.65. The number of hydrogen-bond donors (Lipinski definition) is 0. The molecule has 4 heterocycles. The summed E-state index contributed by atoms with van der Waals surface area (Å²) >= 11 is 0. The van der Waals surface area contributed by atoms with E-state index in [1.165, 1.54) is 10.8 Å². The maximum absolute atomic E-state index is 5.26. The van der Waals surface area contributed by atoms with Crippen molar-refractivity contribution < 1.29 is 0 Å². The second-order valence-corrected chi connectivity index (χ2v) is 10.7. The molecule has 39 heavy (non-hydrogen) atoms. The Bertz CT molecular complexity index is 2080. The summed E-state index contributed by atoms with van der Waals surface area (Å²) in [6.07, 6.45) is 8.33. The number of nitrogens with zero attached hydrogens (tertiary/aromatic N) is 5. The van der Waals surface area contributed by atoms with Gasteiger partial charge in [-0.25, -0.2) is 9.97 Å². The first kappa shape index (κ1) is 22.0. The first-order valence-electron chi connectivity index (χ1n) is 13.2. The second kappa shape index (κ2) is 7.98. The van der Waals surface area contributed by atoms with E-state index in [1.54, 1.807) is 0 Å². The minimum Gasteiger partial charge on any atom is -0.316 e. The van der Waals surface area contributed by atoms with Gasteiger partial charge in [0, 0.05) is 45.2 Å². The lowest BCUT2D eigenvalue weighted by atomic mass is 9.91. The first-order chi connectivity index (χ1) is 19.1. The van der Waals surface area contributed by atoms with Crippen LogP contribution in [0.3, 0.4) is 0 Å². The van der Waals surface area contributed by atoms with Gasteiger partial charge in [-0.15, -0.1) is 0 Å². The molecule has 1 aliphatic carbocycles. The Morgan fingerprint density at radius 1 is 0.692 bits per heavy atom. The van der Waals surface area contributed by atoms with Gasteiger partial charge in [-0.2, -0.15) is 0 Å². The van der Waals surface area contributed by atoms with Gasteiger partial charge in [0.15, 0.2) is 0 Å². The lowest BCUT2D eigenvalue weighted by Gasteiger charge is -2.19. The van der Waals surface area contributed by atoms with Crippen molar-refractivity contribution in [2.45, 2.75) is 19.3 Å². The fourth-order valence-electron chi connectivity index (χ4n) is 5.97. The first-order valence-corrected chi connectivity index (χ1v) is 13.2. The van der Waals surface area contributed by atoms with Crippen molar-refractivity contribution in [1.29, 1.82) is 0 Å². The Morgan fingerprint density at radius 3 is 2.36 bits per heavy atom. The van der Waals surface area contributed by atoms with E-state index in [0.29, 0.717) is 5.95 Å². The van der Waals surface area contributed by atoms with Crippen molar-refractivity contribution >= 4 is 38.8 Å². The predicted octanol–water partition coefficient (Wildman–Crippen LogP) is 7.88. The quantitative estimate of drug-likeness (QED) is 0.246. The fourth-order valence-corrected chi connectivity index (χ4v) is 5.97. The molecule has 0 aliphatic heterocycles. The second-order valence-electron chi connectivity index (χ2n) is 10.7. The van der Waals surface area contributed by atoms with Gasteiger partial charge < -0.3 is 4.57 Å². The topological polar surface area (TPSA) is 48.5 Å². The number of aromatic nitrogens is 5. The molecule has 8 rings (SSSR count). The van der Waals surface area contributed by atoms with Gasteiger partial charge >= 0.3 is 0 Å². The molecule has 7 aromatic rings. The average molecular weight is 504 g/mol. The van der Waals surface area contributed by atoms with E-state index < -0.39 is 0 Å². The Kier molecular flexibility index (Phi) is 4.50. The molecule has 1 aliphatic rings. The Balaban J connectivity index is 1.50. The highest BCUT2D eigenvalue weighted by Crippen LogP contribution is 2.41. The van der Waals surface area contributed by atoms with Crippen molar-refractivity contribution in [2.75, 3.05) is 0 Å². The number of rotatable bonds is 3. The third-order valence-electron chi connectivity index (χ3n) is 7.86. The molecule has 0 atom stereocenters. The Labute approximate surface area is 225 Å². The molecule has 4 aromatic heterocycles. The number of fused-ring (bicyclic) bond motifs is 6. The highest BCUT2D eigenvalue weighted by atomic mass is 15.2. The molecule has 0 spiro atoms. The molecule has 0 saturated heterocycles. The number of para-hydroxylation sites is 2. The molecule has 0 bridgehead atoms. The molecular formula is C34H25N5. The van der Waals surface area contributed by atoms with Crippen LogP contribution < -0.4 is 0 Å². The minimum absolute atomic E-state index is 0.207. The predicted molar refractivity (Wildman–Crippen MR) is 158 cm³/mol. The molecule has 5 nitrogen and oxygen atoms in total. The van der Waals surface area contributed by atoms with E-state index in [4.69, 9.17) is 9.97 Å². The molecule has 0 fully saturated rings. The molecule has 0 N–H and O–H groups in total. The van der Waals surface area contributed by atoms with Crippen molar-refractivity contribution in [3.8, 4) is 23.0 Å². The van der Waals surface area contributed by atoms with Crippen LogP contribution in [-0.4, -0.2) is 24.1 Å². The molecule has 186 valence electrons. The summed E-state index contributed by atoms with van der Waals surface area (Å²) in [5.74, 6) is 0.664. The van der Waals surface area contributed by atoms with Crippen LogP contribution in [0.5, 0.6) is 0 Å². The van der Waals surface area contributed by atoms with Crippen LogP contribution in [-0.2, 0) is 5.41 Å². The SMILES string of the molecule is CC1(C)C=Cc2c(-c3ccccn3)nc(-n3c4ccccc4c4ccc5c(ccn5-c5ccccc5)c43)nc21. The molecular weight excluding hydrogens is 478 g/mol. The molecule has 0 unspecified atom stereocenters. The van der Waals surface area contributed by atoms with Crippen LogP contribution >= 0.6 is 0 Å². The molecule has 0 saturated carbocycles. The highest BCUT2D eigenvalue weighted by Gasteiger charge is 2.31. The number of pyridine rings is 1. The number of hydrogen-bond acceptors (Lipinski definition) is 3. The summed E-state index contributed by atoms with van der Waals surface area (Å²) < 4.78 is 4.48. The van der Waals surface area contributed by atoms with E-state index in [2.05, 4.69) is 113 Å². The molecule has 3 aromatic carbocycles. The lowest BCUT2D eigenvalue weighted by Crippen LogP contribution is -2.17. The maximum atomic E-state index is 5.26. The van der Waals surface area contributed by atoms with E-state index in [-0.39, 0.29) is 5.41 Å². The summed E-state index contributed by atoms with van der Waals surface area (Å²) in [6, 6.07) is 31.6. The zero-order valence-electron chi connectivity index (χ0n) is 21.7. The molecule has 5 heteroatoms. The minimum atomic E-state index is -0.207. The maximum Gasteiger partial charge on any atom is 0.235 e. The standard InChI is InChI=1S/C34H25N5/c1-34(2)19-17-26-30(27-13-8-9-20-35-27)36-33(37-32(26)34)39-29-14-7-6-12-23(29)24-15-16-28-25(31(24)39)18-21-38(28)22-10-4-3-5-11-22/h3-21H,1-2H3. The van der Waals surface area contributed by atoms with Crippen LogP contribution in [0.25, 0.3) is 61.8 Å². The molecule has 0 radical (unpaired) electrons. The van der Waals surface area contributed by atoms with Crippen LogP contribution in [0, 0.1) is 0 Å². The van der Waals surface area contributed by atoms with Gasteiger partial charge in [0.1, 0.15) is 5.69 Å². The van der Waals surface area contributed by atoms with E-state index in [0.717, 1.165) is 50.3 Å². The zero-order chi connectivity index (χ0) is 26.1. The van der Waals surface area contributed by atoms with Gasteiger partial charge in [-0.1, -0.05) is 74.5 Å². The Hall–Kier alpha value is -5.03. The van der Waals surface area contributed by atoms with Crippen LogP contribution in [0.2, 0.25) is 0 Å². The van der Waals surface area contributed by atoms with Crippen LogP contribution in [0.4, 0.5) is 0 Å². The summed E-state index contributed by atoms with van der Waals surface area (Å²) in [4.78, 5) is 15.2. The number of allylic oxidation sites excluding steroid dienone is 1. The van der Waals surface area contributed by atoms with Crippen molar-refractivity contribution in [3.63, 3.8) is 0 Å². The van der Waals surface area contributed by atoms with Crippen LogP contribution in [0.1, 0.15) is 25.1 Å². The van der Waals surface area contributed by atoms with Gasteiger partial charge in [-0.05, 0) is 42.5 Å². The highest BCUT2D eigenvalue weighted by molar-refractivity contribution is 6.18. The monoisotopic (exact) mass is 503 g/mol.